The number of anilines is 1. The van der Waals surface area contributed by atoms with Crippen molar-refractivity contribution in [2.24, 2.45) is 5.73 Å². The summed E-state index contributed by atoms with van der Waals surface area (Å²) in [6.45, 7) is 0.705. The van der Waals surface area contributed by atoms with Crippen LogP contribution in [0.4, 0.5) is 5.69 Å². The number of hydrogen-bond donors (Lipinski definition) is 2. The number of carbonyl (C=O) groups excluding carboxylic acids is 1. The molecule has 0 saturated heterocycles. The van der Waals surface area contributed by atoms with Crippen LogP contribution in [0.1, 0.15) is 15.9 Å². The molecule has 3 N–H and O–H groups in total. The van der Waals surface area contributed by atoms with E-state index < -0.39 is 5.91 Å². The zero-order chi connectivity index (χ0) is 14.8. The molecule has 0 bridgehead atoms. The number of halogens is 1. The summed E-state index contributed by atoms with van der Waals surface area (Å²) in [5.74, 6) is -0.518. The Morgan fingerprint density at radius 3 is 2.81 bits per heavy atom. The number of rotatable bonds is 4. The van der Waals surface area contributed by atoms with Gasteiger partial charge in [0.05, 0.1) is 10.6 Å². The molecule has 2 aromatic carbocycles. The second kappa shape index (κ2) is 5.76. The van der Waals surface area contributed by atoms with Crippen molar-refractivity contribution < 1.29 is 4.79 Å². The molecule has 0 radical (unpaired) electrons. The van der Waals surface area contributed by atoms with Crippen LogP contribution in [-0.4, -0.2) is 5.91 Å². The van der Waals surface area contributed by atoms with Crippen LogP contribution in [0.5, 0.6) is 0 Å². The van der Waals surface area contributed by atoms with Gasteiger partial charge in [-0.2, -0.15) is 0 Å². The van der Waals surface area contributed by atoms with Gasteiger partial charge in [-0.3, -0.25) is 4.79 Å². The van der Waals surface area contributed by atoms with Crippen molar-refractivity contribution in [3.05, 3.63) is 64.0 Å². The Bertz CT molecular complexity index is 813. The van der Waals surface area contributed by atoms with Crippen LogP contribution < -0.4 is 11.1 Å². The summed E-state index contributed by atoms with van der Waals surface area (Å²) in [5, 5.41) is 7.09. The van der Waals surface area contributed by atoms with E-state index in [1.807, 2.05) is 12.1 Å². The Morgan fingerprint density at radius 2 is 2.05 bits per heavy atom. The second-order valence-corrected chi connectivity index (χ2v) is 5.99. The van der Waals surface area contributed by atoms with Crippen LogP contribution >= 0.6 is 22.9 Å². The third-order valence-corrected chi connectivity index (χ3v) is 4.60. The predicted molar refractivity (Wildman–Crippen MR) is 89.1 cm³/mol. The van der Waals surface area contributed by atoms with Crippen LogP contribution in [0.3, 0.4) is 0 Å². The molecule has 5 heteroatoms. The van der Waals surface area contributed by atoms with Crippen LogP contribution in [0.2, 0.25) is 5.02 Å². The number of amides is 1. The molecule has 0 aliphatic heterocycles. The SMILES string of the molecule is NC(=O)c1ccc(NCc2csc3ccccc23)cc1Cl. The van der Waals surface area contributed by atoms with Gasteiger partial charge in [0.15, 0.2) is 0 Å². The van der Waals surface area contributed by atoms with E-state index >= 15 is 0 Å². The lowest BCUT2D eigenvalue weighted by Gasteiger charge is -2.08. The summed E-state index contributed by atoms with van der Waals surface area (Å²) < 4.78 is 1.27. The maximum absolute atomic E-state index is 11.1. The number of nitrogens with one attached hydrogen (secondary N) is 1. The van der Waals surface area contributed by atoms with Crippen molar-refractivity contribution in [3.63, 3.8) is 0 Å². The van der Waals surface area contributed by atoms with Gasteiger partial charge in [-0.25, -0.2) is 0 Å². The van der Waals surface area contributed by atoms with Gasteiger partial charge in [-0.15, -0.1) is 11.3 Å². The summed E-state index contributed by atoms with van der Waals surface area (Å²) >= 11 is 7.77. The molecule has 0 spiro atoms. The predicted octanol–water partition coefficient (Wildman–Crippen LogP) is 4.27. The summed E-state index contributed by atoms with van der Waals surface area (Å²) in [6.07, 6.45) is 0. The van der Waals surface area contributed by atoms with Crippen molar-refractivity contribution in [2.75, 3.05) is 5.32 Å². The number of benzene rings is 2. The number of hydrogen-bond acceptors (Lipinski definition) is 3. The highest BCUT2D eigenvalue weighted by molar-refractivity contribution is 7.17. The Morgan fingerprint density at radius 1 is 1.24 bits per heavy atom. The first kappa shape index (κ1) is 13.9. The van der Waals surface area contributed by atoms with Gasteiger partial charge in [-0.1, -0.05) is 29.8 Å². The fourth-order valence-corrected chi connectivity index (χ4v) is 3.43. The molecule has 21 heavy (non-hydrogen) atoms. The Kier molecular flexibility index (Phi) is 3.82. The zero-order valence-corrected chi connectivity index (χ0v) is 12.7. The lowest BCUT2D eigenvalue weighted by Crippen LogP contribution is -2.11. The molecule has 0 unspecified atom stereocenters. The highest BCUT2D eigenvalue weighted by Crippen LogP contribution is 2.27. The molecule has 1 aromatic heterocycles. The van der Waals surface area contributed by atoms with Gasteiger partial charge in [0, 0.05) is 16.9 Å². The minimum atomic E-state index is -0.518. The first-order chi connectivity index (χ1) is 10.1. The van der Waals surface area contributed by atoms with Gasteiger partial charge < -0.3 is 11.1 Å². The molecule has 3 nitrogen and oxygen atoms in total. The summed E-state index contributed by atoms with van der Waals surface area (Å²) in [5.41, 5.74) is 7.67. The van der Waals surface area contributed by atoms with Gasteiger partial charge in [0.25, 0.3) is 0 Å². The minimum Gasteiger partial charge on any atom is -0.381 e. The zero-order valence-electron chi connectivity index (χ0n) is 11.1. The van der Waals surface area contributed by atoms with Gasteiger partial charge in [0.2, 0.25) is 5.91 Å². The standard InChI is InChI=1S/C16H13ClN2OS/c17-14-7-11(5-6-13(14)16(18)20)19-8-10-9-21-15-4-2-1-3-12(10)15/h1-7,9,19H,8H2,(H2,18,20). The maximum atomic E-state index is 11.1. The molecule has 0 fully saturated rings. The van der Waals surface area contributed by atoms with E-state index in [2.05, 4.69) is 22.8 Å². The van der Waals surface area contributed by atoms with Gasteiger partial charge >= 0.3 is 0 Å². The first-order valence-corrected chi connectivity index (χ1v) is 7.69. The molecule has 0 aliphatic carbocycles. The van der Waals surface area contributed by atoms with E-state index in [0.717, 1.165) is 5.69 Å². The molecular formula is C16H13ClN2OS. The smallest absolute Gasteiger partial charge is 0.250 e. The summed E-state index contributed by atoms with van der Waals surface area (Å²) in [6, 6.07) is 13.5. The fourth-order valence-electron chi connectivity index (χ4n) is 2.19. The van der Waals surface area contributed by atoms with E-state index in [1.165, 1.54) is 15.6 Å². The molecule has 3 rings (SSSR count). The number of nitrogens with two attached hydrogens (primary N) is 1. The third-order valence-electron chi connectivity index (χ3n) is 3.28. The lowest BCUT2D eigenvalue weighted by molar-refractivity contribution is 0.100. The largest absolute Gasteiger partial charge is 0.381 e. The summed E-state index contributed by atoms with van der Waals surface area (Å²) in [4.78, 5) is 11.1. The highest BCUT2D eigenvalue weighted by atomic mass is 35.5. The van der Waals surface area contributed by atoms with Gasteiger partial charge in [0.1, 0.15) is 0 Å². The van der Waals surface area contributed by atoms with Gasteiger partial charge in [-0.05, 0) is 40.6 Å². The van der Waals surface area contributed by atoms with E-state index in [1.54, 1.807) is 29.5 Å². The molecule has 1 heterocycles. The van der Waals surface area contributed by atoms with Crippen molar-refractivity contribution in [2.45, 2.75) is 6.54 Å². The topological polar surface area (TPSA) is 55.1 Å². The molecular weight excluding hydrogens is 304 g/mol. The number of primary amides is 1. The molecule has 3 aromatic rings. The molecule has 1 amide bonds. The Balaban J connectivity index is 1.79. The van der Waals surface area contributed by atoms with Crippen LogP contribution in [0.15, 0.2) is 47.8 Å². The van der Waals surface area contributed by atoms with Crippen LogP contribution in [0, 0.1) is 0 Å². The van der Waals surface area contributed by atoms with Crippen molar-refractivity contribution >= 4 is 44.6 Å². The Labute approximate surface area is 131 Å². The van der Waals surface area contributed by atoms with E-state index in [9.17, 15) is 4.79 Å². The average Bonchev–Trinajstić information content (AvgIpc) is 2.88. The quantitative estimate of drug-likeness (QED) is 0.755. The van der Waals surface area contributed by atoms with Crippen LogP contribution in [0.25, 0.3) is 10.1 Å². The monoisotopic (exact) mass is 316 g/mol. The van der Waals surface area contributed by atoms with E-state index in [4.69, 9.17) is 17.3 Å². The molecule has 0 atom stereocenters. The normalized spacial score (nSPS) is 10.7. The van der Waals surface area contributed by atoms with Crippen LogP contribution in [-0.2, 0) is 6.54 Å². The number of carbonyl (C=O) groups is 1. The number of fused-ring (bicyclic) bond motifs is 1. The second-order valence-electron chi connectivity index (χ2n) is 4.67. The highest BCUT2D eigenvalue weighted by Gasteiger charge is 2.08. The molecule has 0 aliphatic rings. The average molecular weight is 317 g/mol. The number of thiophene rings is 1. The maximum Gasteiger partial charge on any atom is 0.250 e. The molecule has 106 valence electrons. The molecule has 0 saturated carbocycles. The fraction of sp³-hybridized carbons (Fsp3) is 0.0625. The first-order valence-electron chi connectivity index (χ1n) is 6.43. The van der Waals surface area contributed by atoms with Crippen molar-refractivity contribution in [3.8, 4) is 0 Å². The lowest BCUT2D eigenvalue weighted by atomic mass is 10.1. The third kappa shape index (κ3) is 2.86. The van der Waals surface area contributed by atoms with E-state index in [0.29, 0.717) is 17.1 Å². The van der Waals surface area contributed by atoms with E-state index in [-0.39, 0.29) is 0 Å². The van der Waals surface area contributed by atoms with Crippen molar-refractivity contribution in [1.29, 1.82) is 0 Å². The summed E-state index contributed by atoms with van der Waals surface area (Å²) in [7, 11) is 0. The van der Waals surface area contributed by atoms with Crippen molar-refractivity contribution in [1.82, 2.24) is 0 Å². The minimum absolute atomic E-state index is 0.336. The Hall–Kier alpha value is -2.04.